The van der Waals surface area contributed by atoms with Gasteiger partial charge in [0.25, 0.3) is 5.56 Å². The lowest BCUT2D eigenvalue weighted by molar-refractivity contribution is 0.247. The van der Waals surface area contributed by atoms with Gasteiger partial charge in [-0.1, -0.05) is 0 Å². The summed E-state index contributed by atoms with van der Waals surface area (Å²) in [4.78, 5) is 20.2. The zero-order valence-electron chi connectivity index (χ0n) is 18.7. The van der Waals surface area contributed by atoms with Gasteiger partial charge in [0.1, 0.15) is 11.6 Å². The number of piperidine rings is 1. The molecule has 3 fully saturated rings. The van der Waals surface area contributed by atoms with Crippen molar-refractivity contribution in [1.29, 1.82) is 5.26 Å². The molecule has 1 aromatic carbocycles. The highest BCUT2D eigenvalue weighted by molar-refractivity contribution is 5.96. The van der Waals surface area contributed by atoms with Crippen LogP contribution in [-0.4, -0.2) is 68.9 Å². The van der Waals surface area contributed by atoms with E-state index in [1.165, 1.54) is 6.42 Å². The summed E-state index contributed by atoms with van der Waals surface area (Å²) in [6.45, 7) is 8.06. The van der Waals surface area contributed by atoms with E-state index in [0.29, 0.717) is 5.41 Å². The number of aryl methyl sites for hydroxylation is 1. The van der Waals surface area contributed by atoms with E-state index in [2.05, 4.69) is 51.3 Å². The van der Waals surface area contributed by atoms with E-state index in [1.807, 2.05) is 0 Å². The second kappa shape index (κ2) is 7.85. The van der Waals surface area contributed by atoms with Crippen molar-refractivity contribution in [3.8, 4) is 6.07 Å². The maximum Gasteiger partial charge on any atom is 0.270 e. The molecular weight excluding hydrogens is 388 g/mol. The van der Waals surface area contributed by atoms with E-state index in [9.17, 15) is 10.1 Å². The van der Waals surface area contributed by atoms with Crippen molar-refractivity contribution in [2.75, 3.05) is 69.2 Å². The third-order valence-electron chi connectivity index (χ3n) is 7.81. The minimum atomic E-state index is -0.191. The zero-order valence-corrected chi connectivity index (χ0v) is 18.7. The van der Waals surface area contributed by atoms with Crippen LogP contribution in [0.4, 0.5) is 11.4 Å². The van der Waals surface area contributed by atoms with E-state index >= 15 is 0 Å². The number of benzene rings is 1. The molecule has 4 heterocycles. The third-order valence-corrected chi connectivity index (χ3v) is 7.81. The van der Waals surface area contributed by atoms with Crippen LogP contribution in [0.5, 0.6) is 0 Å². The van der Waals surface area contributed by atoms with Crippen LogP contribution in [0.15, 0.2) is 23.0 Å². The first-order valence-electron chi connectivity index (χ1n) is 11.5. The van der Waals surface area contributed by atoms with E-state index < -0.39 is 0 Å². The number of piperazine rings is 1. The smallest absolute Gasteiger partial charge is 0.270 e. The summed E-state index contributed by atoms with van der Waals surface area (Å²) in [5.74, 6) is 0. The number of likely N-dealkylation sites (N-methyl/N-ethyl adjacent to an activating group) is 1. The molecule has 31 heavy (non-hydrogen) atoms. The van der Waals surface area contributed by atoms with Gasteiger partial charge in [-0.25, -0.2) is 0 Å². The number of nitrogens with one attached hydrogen (secondary N) is 1. The number of aromatic nitrogens is 1. The maximum atomic E-state index is 13.1. The van der Waals surface area contributed by atoms with Gasteiger partial charge in [0.15, 0.2) is 0 Å². The number of anilines is 2. The largest absolute Gasteiger partial charge is 0.370 e. The van der Waals surface area contributed by atoms with E-state index in [4.69, 9.17) is 0 Å². The molecule has 0 amide bonds. The average Bonchev–Trinajstić information content (AvgIpc) is 3.25. The molecule has 1 spiro atoms. The Morgan fingerprint density at radius 1 is 1.00 bits per heavy atom. The molecule has 0 radical (unpaired) electrons. The van der Waals surface area contributed by atoms with Crippen LogP contribution < -0.4 is 20.7 Å². The summed E-state index contributed by atoms with van der Waals surface area (Å²) in [5, 5.41) is 14.4. The summed E-state index contributed by atoms with van der Waals surface area (Å²) >= 11 is 0. The first-order chi connectivity index (χ1) is 15.0. The number of pyridine rings is 1. The van der Waals surface area contributed by atoms with Gasteiger partial charge in [-0.3, -0.25) is 4.79 Å². The molecule has 0 aliphatic carbocycles. The zero-order chi connectivity index (χ0) is 21.6. The molecule has 0 atom stereocenters. The summed E-state index contributed by atoms with van der Waals surface area (Å²) in [5.41, 5.74) is 3.39. The average molecular weight is 421 g/mol. The highest BCUT2D eigenvalue weighted by Gasteiger charge is 2.38. The topological polar surface area (TPSA) is 67.5 Å². The van der Waals surface area contributed by atoms with Crippen molar-refractivity contribution in [2.24, 2.45) is 12.5 Å². The molecule has 7 heteroatoms. The van der Waals surface area contributed by atoms with Crippen molar-refractivity contribution in [1.82, 2.24) is 14.8 Å². The predicted octanol–water partition coefficient (Wildman–Crippen LogP) is 1.74. The van der Waals surface area contributed by atoms with Gasteiger partial charge >= 0.3 is 0 Å². The molecule has 5 rings (SSSR count). The minimum absolute atomic E-state index is 0.191. The standard InChI is InChI=1S/C24H32N6O/c1-27-11-13-29(14-12-27)18-3-4-19-21(15-18)28(2)23(31)20(16-25)22(19)30-9-6-24(7-10-30)5-8-26-17-24/h3-4,15,26H,5-14,17H2,1-2H3. The SMILES string of the molecule is CN1CCN(c2ccc3c(N4CCC5(CCNC5)CC4)c(C#N)c(=O)n(C)c3c2)CC1. The van der Waals surface area contributed by atoms with Crippen molar-refractivity contribution in [3.63, 3.8) is 0 Å². The predicted molar refractivity (Wildman–Crippen MR) is 125 cm³/mol. The van der Waals surface area contributed by atoms with E-state index in [0.717, 1.165) is 87.5 Å². The Kier molecular flexibility index (Phi) is 5.15. The molecule has 3 saturated heterocycles. The number of hydrogen-bond acceptors (Lipinski definition) is 6. The number of nitrogens with zero attached hydrogens (tertiary/aromatic N) is 5. The first-order valence-corrected chi connectivity index (χ1v) is 11.5. The third kappa shape index (κ3) is 3.48. The Morgan fingerprint density at radius 3 is 2.39 bits per heavy atom. The van der Waals surface area contributed by atoms with Gasteiger partial charge in [-0.15, -0.1) is 0 Å². The van der Waals surface area contributed by atoms with Crippen molar-refractivity contribution >= 4 is 22.3 Å². The van der Waals surface area contributed by atoms with Crippen molar-refractivity contribution < 1.29 is 0 Å². The summed E-state index contributed by atoms with van der Waals surface area (Å²) in [6.07, 6.45) is 3.46. The van der Waals surface area contributed by atoms with Gasteiger partial charge in [0.05, 0.1) is 11.2 Å². The molecule has 1 aromatic heterocycles. The van der Waals surface area contributed by atoms with Crippen LogP contribution in [0, 0.1) is 16.7 Å². The fourth-order valence-corrected chi connectivity index (χ4v) is 5.63. The Hall–Kier alpha value is -2.56. The lowest BCUT2D eigenvalue weighted by atomic mass is 9.77. The number of nitriles is 1. The van der Waals surface area contributed by atoms with Gasteiger partial charge < -0.3 is 24.6 Å². The lowest BCUT2D eigenvalue weighted by Gasteiger charge is -2.40. The highest BCUT2D eigenvalue weighted by atomic mass is 16.1. The molecule has 2 aromatic rings. The highest BCUT2D eigenvalue weighted by Crippen LogP contribution is 2.40. The molecule has 3 aliphatic rings. The Balaban J connectivity index is 1.55. The quantitative estimate of drug-likeness (QED) is 0.798. The maximum absolute atomic E-state index is 13.1. The Labute approximate surface area is 183 Å². The Morgan fingerprint density at radius 2 is 1.74 bits per heavy atom. The van der Waals surface area contributed by atoms with Crippen LogP contribution in [0.25, 0.3) is 10.9 Å². The summed E-state index contributed by atoms with van der Waals surface area (Å²) < 4.78 is 1.66. The summed E-state index contributed by atoms with van der Waals surface area (Å²) in [7, 11) is 3.94. The lowest BCUT2D eigenvalue weighted by Crippen LogP contribution is -2.44. The van der Waals surface area contributed by atoms with Gasteiger partial charge in [0, 0.05) is 63.9 Å². The molecule has 7 nitrogen and oxygen atoms in total. The van der Waals surface area contributed by atoms with Crippen LogP contribution >= 0.6 is 0 Å². The monoisotopic (exact) mass is 420 g/mol. The molecule has 164 valence electrons. The second-order valence-corrected chi connectivity index (χ2v) is 9.61. The van der Waals surface area contributed by atoms with E-state index in [-0.39, 0.29) is 11.1 Å². The van der Waals surface area contributed by atoms with E-state index in [1.54, 1.807) is 11.6 Å². The fourth-order valence-electron chi connectivity index (χ4n) is 5.63. The van der Waals surface area contributed by atoms with Crippen molar-refractivity contribution in [3.05, 3.63) is 34.1 Å². The number of fused-ring (bicyclic) bond motifs is 1. The van der Waals surface area contributed by atoms with Crippen LogP contribution in [0.1, 0.15) is 24.8 Å². The van der Waals surface area contributed by atoms with Gasteiger partial charge in [0.2, 0.25) is 0 Å². The molecule has 1 N–H and O–H groups in total. The molecule has 0 saturated carbocycles. The van der Waals surface area contributed by atoms with Gasteiger partial charge in [-0.2, -0.15) is 5.26 Å². The van der Waals surface area contributed by atoms with Crippen molar-refractivity contribution in [2.45, 2.75) is 19.3 Å². The number of rotatable bonds is 2. The van der Waals surface area contributed by atoms with Gasteiger partial charge in [-0.05, 0) is 56.5 Å². The normalized spacial score (nSPS) is 21.7. The molecule has 0 bridgehead atoms. The number of hydrogen-bond donors (Lipinski definition) is 1. The minimum Gasteiger partial charge on any atom is -0.370 e. The van der Waals surface area contributed by atoms with Crippen LogP contribution in [0.3, 0.4) is 0 Å². The fraction of sp³-hybridized carbons (Fsp3) is 0.583. The molecule has 3 aliphatic heterocycles. The molecular formula is C24H32N6O. The summed E-state index contributed by atoms with van der Waals surface area (Å²) in [6, 6.07) is 8.66. The van der Waals surface area contributed by atoms with Crippen LogP contribution in [-0.2, 0) is 7.05 Å². The second-order valence-electron chi connectivity index (χ2n) is 9.61. The molecule has 0 unspecified atom stereocenters. The first kappa shape index (κ1) is 20.3. The van der Waals surface area contributed by atoms with Crippen LogP contribution in [0.2, 0.25) is 0 Å². The Bertz CT molecular complexity index is 1080.